The van der Waals surface area contributed by atoms with Gasteiger partial charge in [0.25, 0.3) is 4.96 Å². The molecule has 0 spiro atoms. The highest BCUT2D eigenvalue weighted by Crippen LogP contribution is 2.39. The summed E-state index contributed by atoms with van der Waals surface area (Å²) in [6.45, 7) is 0. The van der Waals surface area contributed by atoms with Crippen LogP contribution >= 0.6 is 11.3 Å². The molecule has 0 radical (unpaired) electrons. The van der Waals surface area contributed by atoms with Gasteiger partial charge in [-0.3, -0.25) is 0 Å². The fourth-order valence-corrected chi connectivity index (χ4v) is 3.68. The van der Waals surface area contributed by atoms with Crippen LogP contribution in [-0.4, -0.2) is 19.4 Å². The van der Waals surface area contributed by atoms with Crippen LogP contribution in [0.2, 0.25) is 0 Å². The van der Waals surface area contributed by atoms with Crippen LogP contribution in [0, 0.1) is 10.1 Å². The second kappa shape index (κ2) is 5.32. The first-order chi connectivity index (χ1) is 11.1. The number of hydrogen-bond donors (Lipinski definition) is 1. The van der Waals surface area contributed by atoms with Gasteiger partial charge in [-0.15, -0.1) is 0 Å². The fourth-order valence-electron chi connectivity index (χ4n) is 2.98. The summed E-state index contributed by atoms with van der Waals surface area (Å²) in [4.78, 5) is 15.6. The molecule has 0 aliphatic heterocycles. The van der Waals surface area contributed by atoms with Crippen molar-refractivity contribution in [2.75, 3.05) is 0 Å². The number of nitrogens with zero attached hydrogens (tertiary/aromatic N) is 3. The molecule has 4 rings (SSSR count). The van der Waals surface area contributed by atoms with Crippen LogP contribution in [0.5, 0.6) is 11.6 Å². The number of benzene rings is 1. The van der Waals surface area contributed by atoms with Gasteiger partial charge in [-0.1, -0.05) is 23.5 Å². The Labute approximate surface area is 134 Å². The predicted octanol–water partition coefficient (Wildman–Crippen LogP) is 3.47. The number of aliphatic hydroxyl groups is 1. The minimum Gasteiger partial charge on any atom is -0.432 e. The van der Waals surface area contributed by atoms with Crippen molar-refractivity contribution < 1.29 is 14.8 Å². The first-order valence-corrected chi connectivity index (χ1v) is 8.11. The van der Waals surface area contributed by atoms with E-state index in [1.165, 1.54) is 15.7 Å². The number of thiazole rings is 1. The second-order valence-electron chi connectivity index (χ2n) is 5.39. The summed E-state index contributed by atoms with van der Waals surface area (Å²) in [6, 6.07) is 5.41. The molecule has 2 heterocycles. The molecule has 1 atom stereocenters. The molecule has 118 valence electrons. The first kappa shape index (κ1) is 14.2. The lowest BCUT2D eigenvalue weighted by Gasteiger charge is -2.23. The molecule has 2 aromatic heterocycles. The SMILES string of the molecule is O=[N+]([O-])c1c(Oc2cccc3c2CCCC3O)nc2sccn12. The molecule has 0 saturated carbocycles. The van der Waals surface area contributed by atoms with Crippen LogP contribution in [0.15, 0.2) is 29.8 Å². The molecule has 1 aliphatic carbocycles. The third-order valence-electron chi connectivity index (χ3n) is 4.02. The van der Waals surface area contributed by atoms with Crippen molar-refractivity contribution in [3.05, 3.63) is 51.0 Å². The topological polar surface area (TPSA) is 89.9 Å². The van der Waals surface area contributed by atoms with Crippen LogP contribution in [0.3, 0.4) is 0 Å². The van der Waals surface area contributed by atoms with Crippen molar-refractivity contribution in [1.82, 2.24) is 9.38 Å². The third kappa shape index (κ3) is 2.27. The Bertz CT molecular complexity index is 901. The van der Waals surface area contributed by atoms with Gasteiger partial charge in [0.2, 0.25) is 0 Å². The molecule has 1 aromatic carbocycles. The molecule has 0 bridgehead atoms. The fraction of sp³-hybridized carbons (Fsp3) is 0.267. The Morgan fingerprint density at radius 2 is 2.35 bits per heavy atom. The third-order valence-corrected chi connectivity index (χ3v) is 4.77. The van der Waals surface area contributed by atoms with Gasteiger partial charge in [0, 0.05) is 10.9 Å². The standard InChI is InChI=1S/C15H13N3O4S/c19-11-5-1-4-10-9(11)3-2-6-12(10)22-13-14(18(20)21)17-7-8-23-15(17)16-13/h2-3,6-8,11,19H,1,4-5H2. The Kier molecular flexibility index (Phi) is 3.28. The minimum absolute atomic E-state index is 0.0182. The summed E-state index contributed by atoms with van der Waals surface area (Å²) in [6.07, 6.45) is 3.44. The van der Waals surface area contributed by atoms with E-state index in [0.29, 0.717) is 10.7 Å². The van der Waals surface area contributed by atoms with Gasteiger partial charge in [0.1, 0.15) is 11.9 Å². The van der Waals surface area contributed by atoms with Gasteiger partial charge in [0.05, 0.1) is 6.10 Å². The van der Waals surface area contributed by atoms with E-state index in [1.54, 1.807) is 23.7 Å². The van der Waals surface area contributed by atoms with E-state index in [9.17, 15) is 15.2 Å². The van der Waals surface area contributed by atoms with Crippen LogP contribution < -0.4 is 4.74 Å². The molecule has 8 heteroatoms. The quantitative estimate of drug-likeness (QED) is 0.586. The van der Waals surface area contributed by atoms with Crippen molar-refractivity contribution >= 4 is 22.1 Å². The van der Waals surface area contributed by atoms with Crippen LogP contribution in [0.25, 0.3) is 4.96 Å². The highest BCUT2D eigenvalue weighted by Gasteiger charge is 2.28. The van der Waals surface area contributed by atoms with Gasteiger partial charge in [-0.2, -0.15) is 9.38 Å². The van der Waals surface area contributed by atoms with Crippen LogP contribution in [0.4, 0.5) is 5.82 Å². The van der Waals surface area contributed by atoms with Crippen molar-refractivity contribution in [1.29, 1.82) is 0 Å². The van der Waals surface area contributed by atoms with E-state index >= 15 is 0 Å². The number of imidazole rings is 1. The summed E-state index contributed by atoms with van der Waals surface area (Å²) >= 11 is 1.31. The Morgan fingerprint density at radius 3 is 3.17 bits per heavy atom. The summed E-state index contributed by atoms with van der Waals surface area (Å²) < 4.78 is 7.19. The van der Waals surface area contributed by atoms with Crippen LogP contribution in [0.1, 0.15) is 30.1 Å². The van der Waals surface area contributed by atoms with Crippen molar-refractivity contribution in [2.45, 2.75) is 25.4 Å². The number of ether oxygens (including phenoxy) is 1. The number of aromatic nitrogens is 2. The average molecular weight is 331 g/mol. The summed E-state index contributed by atoms with van der Waals surface area (Å²) in [7, 11) is 0. The molecule has 0 saturated heterocycles. The predicted molar refractivity (Wildman–Crippen MR) is 84.1 cm³/mol. The highest BCUT2D eigenvalue weighted by atomic mass is 32.1. The maximum Gasteiger partial charge on any atom is 0.393 e. The summed E-state index contributed by atoms with van der Waals surface area (Å²) in [5.41, 5.74) is 1.73. The zero-order chi connectivity index (χ0) is 16.0. The molecule has 3 aromatic rings. The van der Waals surface area contributed by atoms with Gasteiger partial charge in [-0.25, -0.2) is 0 Å². The summed E-state index contributed by atoms with van der Waals surface area (Å²) in [5, 5.41) is 23.2. The van der Waals surface area contributed by atoms with Crippen LogP contribution in [-0.2, 0) is 6.42 Å². The molecule has 7 nitrogen and oxygen atoms in total. The number of nitro groups is 1. The van der Waals surface area contributed by atoms with Gasteiger partial charge in [-0.05, 0) is 35.8 Å². The lowest BCUT2D eigenvalue weighted by atomic mass is 9.89. The zero-order valence-corrected chi connectivity index (χ0v) is 12.8. The average Bonchev–Trinajstić information content (AvgIpc) is 3.08. The lowest BCUT2D eigenvalue weighted by Crippen LogP contribution is -2.10. The van der Waals surface area contributed by atoms with E-state index in [0.717, 1.165) is 30.4 Å². The number of rotatable bonds is 3. The zero-order valence-electron chi connectivity index (χ0n) is 12.0. The lowest BCUT2D eigenvalue weighted by molar-refractivity contribution is -0.391. The Hall–Kier alpha value is -2.45. The Balaban J connectivity index is 1.80. The van der Waals surface area contributed by atoms with Gasteiger partial charge >= 0.3 is 11.7 Å². The molecule has 1 aliphatic rings. The largest absolute Gasteiger partial charge is 0.432 e. The minimum atomic E-state index is -0.511. The molecule has 0 amide bonds. The van der Waals surface area contributed by atoms with E-state index in [-0.39, 0.29) is 11.7 Å². The number of fused-ring (bicyclic) bond motifs is 2. The maximum atomic E-state index is 11.4. The molecule has 0 fully saturated rings. The van der Waals surface area contributed by atoms with E-state index in [2.05, 4.69) is 4.98 Å². The normalized spacial score (nSPS) is 17.2. The molecule has 1 unspecified atom stereocenters. The van der Waals surface area contributed by atoms with Crippen molar-refractivity contribution in [3.8, 4) is 11.6 Å². The molecular formula is C15H13N3O4S. The summed E-state index contributed by atoms with van der Waals surface area (Å²) in [5.74, 6) is 0.320. The monoisotopic (exact) mass is 331 g/mol. The first-order valence-electron chi connectivity index (χ1n) is 7.23. The van der Waals surface area contributed by atoms with E-state index in [4.69, 9.17) is 4.74 Å². The Morgan fingerprint density at radius 1 is 1.48 bits per heavy atom. The maximum absolute atomic E-state index is 11.4. The van der Waals surface area contributed by atoms with Gasteiger partial charge < -0.3 is 20.0 Å². The van der Waals surface area contributed by atoms with Crippen molar-refractivity contribution in [3.63, 3.8) is 0 Å². The highest BCUT2D eigenvalue weighted by molar-refractivity contribution is 7.15. The molecular weight excluding hydrogens is 318 g/mol. The number of hydrogen-bond acceptors (Lipinski definition) is 6. The second-order valence-corrected chi connectivity index (χ2v) is 6.26. The van der Waals surface area contributed by atoms with Crippen molar-refractivity contribution in [2.24, 2.45) is 0 Å². The molecule has 23 heavy (non-hydrogen) atoms. The molecule has 1 N–H and O–H groups in total. The smallest absolute Gasteiger partial charge is 0.393 e. The van der Waals surface area contributed by atoms with Gasteiger partial charge in [0.15, 0.2) is 0 Å². The van der Waals surface area contributed by atoms with E-state index < -0.39 is 11.0 Å². The number of aliphatic hydroxyl groups excluding tert-OH is 1. The van der Waals surface area contributed by atoms with E-state index in [1.807, 2.05) is 6.07 Å².